The number of phenols is 2. The summed E-state index contributed by atoms with van der Waals surface area (Å²) >= 11 is 0. The Kier molecular flexibility index (Phi) is 6.33. The molecule has 0 saturated carbocycles. The monoisotopic (exact) mass is 618 g/mol. The molecule has 0 radical (unpaired) electrons. The Morgan fingerprint density at radius 1 is 0.292 bits per heavy atom. The van der Waals surface area contributed by atoms with Gasteiger partial charge >= 0.3 is 0 Å². The van der Waals surface area contributed by atoms with Crippen molar-refractivity contribution < 1.29 is 10.2 Å². The highest BCUT2D eigenvalue weighted by Gasteiger charge is 2.12. The molecule has 0 spiro atoms. The Morgan fingerprint density at radius 3 is 0.875 bits per heavy atom. The highest BCUT2D eigenvalue weighted by molar-refractivity contribution is 6.05. The van der Waals surface area contributed by atoms with Crippen molar-refractivity contribution in [2.24, 2.45) is 0 Å². The number of aromatic hydroxyl groups is 2. The molecular weight excluding hydrogens is 592 g/mol. The third kappa shape index (κ3) is 4.84. The molecule has 6 heteroatoms. The zero-order valence-electron chi connectivity index (χ0n) is 25.5. The summed E-state index contributed by atoms with van der Waals surface area (Å²) in [4.78, 5) is 20.3. The first-order chi connectivity index (χ1) is 23.6. The maximum Gasteiger partial charge on any atom is 0.116 e. The summed E-state index contributed by atoms with van der Waals surface area (Å²) < 4.78 is 0. The van der Waals surface area contributed by atoms with Crippen molar-refractivity contribution >= 4 is 43.6 Å². The lowest BCUT2D eigenvalue weighted by Crippen LogP contribution is -1.92. The van der Waals surface area contributed by atoms with Crippen LogP contribution < -0.4 is 0 Å². The molecule has 6 nitrogen and oxygen atoms in total. The molecule has 0 aliphatic rings. The fourth-order valence-corrected chi connectivity index (χ4v) is 6.35. The van der Waals surface area contributed by atoms with E-state index in [1.807, 2.05) is 66.7 Å². The second kappa shape index (κ2) is 11.0. The number of aromatic nitrogens is 4. The average molecular weight is 619 g/mol. The molecule has 0 saturated heterocycles. The summed E-state index contributed by atoms with van der Waals surface area (Å²) in [6.07, 6.45) is 0. The van der Waals surface area contributed by atoms with Crippen LogP contribution in [0.25, 0.3) is 88.6 Å². The third-order valence-corrected chi connectivity index (χ3v) is 8.78. The van der Waals surface area contributed by atoms with Crippen molar-refractivity contribution in [2.45, 2.75) is 0 Å². The number of nitrogens with zero attached hydrogens (tertiary/aromatic N) is 4. The molecule has 4 heterocycles. The second-order valence-electron chi connectivity index (χ2n) is 11.9. The minimum absolute atomic E-state index is 0.205. The fourth-order valence-electron chi connectivity index (χ4n) is 6.35. The van der Waals surface area contributed by atoms with Gasteiger partial charge in [-0.2, -0.15) is 0 Å². The lowest BCUT2D eigenvalue weighted by atomic mass is 10.0. The maximum absolute atomic E-state index is 10.0. The number of fused-ring (bicyclic) bond motifs is 6. The van der Waals surface area contributed by atoms with Crippen molar-refractivity contribution in [2.75, 3.05) is 0 Å². The van der Waals surface area contributed by atoms with Crippen LogP contribution >= 0.6 is 0 Å². The predicted molar refractivity (Wildman–Crippen MR) is 193 cm³/mol. The molecule has 0 aliphatic heterocycles. The molecule has 0 unspecified atom stereocenters. The first-order valence-corrected chi connectivity index (χ1v) is 15.7. The molecule has 0 atom stereocenters. The van der Waals surface area contributed by atoms with Gasteiger partial charge in [0.25, 0.3) is 0 Å². The number of rotatable bonds is 4. The molecule has 0 aliphatic carbocycles. The summed E-state index contributed by atoms with van der Waals surface area (Å²) in [7, 11) is 0. The summed E-state index contributed by atoms with van der Waals surface area (Å²) in [5.41, 5.74) is 10.1. The molecule has 9 aromatic rings. The normalized spacial score (nSPS) is 11.5. The van der Waals surface area contributed by atoms with E-state index in [-0.39, 0.29) is 11.5 Å². The number of pyridine rings is 4. The molecule has 0 bridgehead atoms. The summed E-state index contributed by atoms with van der Waals surface area (Å²) in [6, 6.07) is 47.1. The summed E-state index contributed by atoms with van der Waals surface area (Å²) in [5, 5.41) is 24.1. The van der Waals surface area contributed by atoms with Gasteiger partial charge in [0.15, 0.2) is 0 Å². The Balaban J connectivity index is 1.14. The highest BCUT2D eigenvalue weighted by atomic mass is 16.3. The van der Waals surface area contributed by atoms with Gasteiger partial charge in [0.2, 0.25) is 0 Å². The van der Waals surface area contributed by atoms with Gasteiger partial charge in [0.1, 0.15) is 11.5 Å². The van der Waals surface area contributed by atoms with E-state index >= 15 is 0 Å². The second-order valence-corrected chi connectivity index (χ2v) is 11.9. The van der Waals surface area contributed by atoms with Crippen LogP contribution in [0.2, 0.25) is 0 Å². The minimum Gasteiger partial charge on any atom is -0.508 e. The van der Waals surface area contributed by atoms with E-state index < -0.39 is 0 Å². The number of benzene rings is 5. The quantitative estimate of drug-likeness (QED) is 0.191. The van der Waals surface area contributed by atoms with Crippen LogP contribution in [0.5, 0.6) is 11.5 Å². The van der Waals surface area contributed by atoms with Crippen molar-refractivity contribution in [3.63, 3.8) is 0 Å². The Hall–Kier alpha value is -6.66. The summed E-state index contributed by atoms with van der Waals surface area (Å²) in [6.45, 7) is 0. The highest BCUT2D eigenvalue weighted by Crippen LogP contribution is 2.33. The van der Waals surface area contributed by atoms with Crippen LogP contribution in [0.4, 0.5) is 0 Å². The van der Waals surface area contributed by atoms with Crippen molar-refractivity contribution in [1.29, 1.82) is 0 Å². The first-order valence-electron chi connectivity index (χ1n) is 15.7. The maximum atomic E-state index is 10.0. The predicted octanol–water partition coefficient (Wildman–Crippen LogP) is 9.96. The van der Waals surface area contributed by atoms with Crippen LogP contribution in [-0.2, 0) is 0 Å². The Labute approximate surface area is 275 Å². The molecule has 2 N–H and O–H groups in total. The van der Waals surface area contributed by atoms with Crippen LogP contribution in [0.3, 0.4) is 0 Å². The van der Waals surface area contributed by atoms with Crippen molar-refractivity contribution in [1.82, 2.24) is 19.9 Å². The van der Waals surface area contributed by atoms with Gasteiger partial charge in [-0.1, -0.05) is 91.0 Å². The van der Waals surface area contributed by atoms with Crippen molar-refractivity contribution in [3.05, 3.63) is 146 Å². The van der Waals surface area contributed by atoms with Crippen LogP contribution in [0.1, 0.15) is 0 Å². The average Bonchev–Trinajstić information content (AvgIpc) is 3.14. The van der Waals surface area contributed by atoms with Gasteiger partial charge in [-0.25, -0.2) is 19.9 Å². The van der Waals surface area contributed by atoms with Gasteiger partial charge in [-0.15, -0.1) is 0 Å². The van der Waals surface area contributed by atoms with Crippen LogP contribution in [-0.4, -0.2) is 30.1 Å². The molecule has 0 amide bonds. The molecule has 48 heavy (non-hydrogen) atoms. The number of hydrogen-bond donors (Lipinski definition) is 2. The van der Waals surface area contributed by atoms with E-state index in [2.05, 4.69) is 54.6 Å². The van der Waals surface area contributed by atoms with E-state index in [1.54, 1.807) is 24.3 Å². The van der Waals surface area contributed by atoms with Gasteiger partial charge in [-0.05, 0) is 54.6 Å². The molecule has 226 valence electrons. The lowest BCUT2D eigenvalue weighted by molar-refractivity contribution is 0.475. The SMILES string of the molecule is Oc1cccc(-c2ccc3ccc4ccc(-c5cccc(-c6ccc7ccc8ccc(-c9cccc(O)c9)nc8c7n6)c5)nc4c3n2)c1. The Bertz CT molecular complexity index is 2540. The van der Waals surface area contributed by atoms with E-state index in [9.17, 15) is 10.2 Å². The minimum atomic E-state index is 0.205. The van der Waals surface area contributed by atoms with Gasteiger partial charge in [0, 0.05) is 43.8 Å². The van der Waals surface area contributed by atoms with E-state index in [1.165, 1.54) is 0 Å². The smallest absolute Gasteiger partial charge is 0.116 e. The molecular formula is C42H26N4O2. The molecule has 9 rings (SSSR count). The largest absolute Gasteiger partial charge is 0.508 e. The van der Waals surface area contributed by atoms with Gasteiger partial charge < -0.3 is 10.2 Å². The fraction of sp³-hybridized carbons (Fsp3) is 0. The van der Waals surface area contributed by atoms with Crippen LogP contribution in [0.15, 0.2) is 146 Å². The van der Waals surface area contributed by atoms with Gasteiger partial charge in [0.05, 0.1) is 44.8 Å². The zero-order chi connectivity index (χ0) is 32.2. The van der Waals surface area contributed by atoms with Crippen molar-refractivity contribution in [3.8, 4) is 56.5 Å². The van der Waals surface area contributed by atoms with E-state index in [0.29, 0.717) is 0 Å². The van der Waals surface area contributed by atoms with Gasteiger partial charge in [-0.3, -0.25) is 0 Å². The Morgan fingerprint density at radius 2 is 0.562 bits per heavy atom. The summed E-state index contributed by atoms with van der Waals surface area (Å²) in [5.74, 6) is 0.409. The molecule has 5 aromatic carbocycles. The van der Waals surface area contributed by atoms with Crippen LogP contribution in [0, 0.1) is 0 Å². The number of phenolic OH excluding ortho intramolecular Hbond substituents is 2. The van der Waals surface area contributed by atoms with E-state index in [0.717, 1.165) is 88.6 Å². The zero-order valence-corrected chi connectivity index (χ0v) is 25.5. The third-order valence-electron chi connectivity index (χ3n) is 8.78. The first kappa shape index (κ1) is 27.6. The topological polar surface area (TPSA) is 92.0 Å². The number of hydrogen-bond acceptors (Lipinski definition) is 6. The standard InChI is InChI=1S/C42H26N4O2/c47-33-8-2-6-31(23-33)37-20-16-27-12-10-25-14-18-35(43-39(25)41(27)45-37)29-4-1-5-30(22-29)36-19-15-26-11-13-28-17-21-38(46-42(28)40(26)44-36)32-7-3-9-34(48)24-32/h1-24,47-48H. The van der Waals surface area contributed by atoms with E-state index in [4.69, 9.17) is 19.9 Å². The molecule has 4 aromatic heterocycles. The molecule has 0 fully saturated rings. The lowest BCUT2D eigenvalue weighted by Gasteiger charge is -2.10.